The summed E-state index contributed by atoms with van der Waals surface area (Å²) in [5.74, 6) is 0. The quantitative estimate of drug-likeness (QED) is 0.206. The van der Waals surface area contributed by atoms with Gasteiger partial charge in [-0.2, -0.15) is 5.48 Å². The van der Waals surface area contributed by atoms with Gasteiger partial charge >= 0.3 is 0 Å². The van der Waals surface area contributed by atoms with E-state index in [0.717, 1.165) is 51.7 Å². The van der Waals surface area contributed by atoms with E-state index in [1.165, 1.54) is 0 Å². The van der Waals surface area contributed by atoms with Crippen LogP contribution in [0, 0.1) is 0 Å². The predicted molar refractivity (Wildman–Crippen MR) is 103 cm³/mol. The van der Waals surface area contributed by atoms with Crippen LogP contribution in [0.4, 0.5) is 0 Å². The van der Waals surface area contributed by atoms with Gasteiger partial charge < -0.3 is 25.5 Å². The Kier molecular flexibility index (Phi) is 8.05. The lowest BCUT2D eigenvalue weighted by Crippen LogP contribution is -2.61. The molecule has 3 aliphatic rings. The number of aliphatic imine (C=N–C) groups is 1. The van der Waals surface area contributed by atoms with Crippen LogP contribution in [0.3, 0.4) is 0 Å². The van der Waals surface area contributed by atoms with Crippen LogP contribution in [-0.2, 0) is 4.74 Å². The molecule has 3 unspecified atom stereocenters. The molecule has 2 aliphatic heterocycles. The van der Waals surface area contributed by atoms with E-state index in [4.69, 9.17) is 4.74 Å². The van der Waals surface area contributed by atoms with Crippen LogP contribution in [0.25, 0.3) is 0 Å². The standard InChI is InChI=1S/C19H34N4O4/c24-12-16-19(22-26)17(25)7-10-23(16)9-4-2-1-3-8-20-14-5-6-15-18(11-14)27-13-21-15/h5-6,13-20,22,24-26H,1-4,7-12H2/t14?,15?,16-,17-,18?,19-/m1/s1. The second-order valence-electron chi connectivity index (χ2n) is 7.81. The molecule has 0 spiro atoms. The number of likely N-dealkylation sites (tertiary alicyclic amines) is 1. The third-order valence-electron chi connectivity index (χ3n) is 6.00. The summed E-state index contributed by atoms with van der Waals surface area (Å²) >= 11 is 0. The highest BCUT2D eigenvalue weighted by atomic mass is 16.5. The molecule has 8 heteroatoms. The van der Waals surface area contributed by atoms with Crippen molar-refractivity contribution in [1.29, 1.82) is 0 Å². The number of fused-ring (bicyclic) bond motifs is 1. The van der Waals surface area contributed by atoms with Gasteiger partial charge in [-0.15, -0.1) is 0 Å². The number of aliphatic hydroxyl groups excluding tert-OH is 2. The molecule has 27 heavy (non-hydrogen) atoms. The van der Waals surface area contributed by atoms with Gasteiger partial charge in [-0.3, -0.25) is 4.90 Å². The highest BCUT2D eigenvalue weighted by molar-refractivity contribution is 5.51. The molecular weight excluding hydrogens is 348 g/mol. The highest BCUT2D eigenvalue weighted by Crippen LogP contribution is 2.22. The molecule has 3 rings (SSSR count). The van der Waals surface area contributed by atoms with Crippen molar-refractivity contribution < 1.29 is 20.2 Å². The van der Waals surface area contributed by atoms with Crippen molar-refractivity contribution in [3.63, 3.8) is 0 Å². The molecule has 1 saturated heterocycles. The fraction of sp³-hybridized carbons (Fsp3) is 0.842. The second kappa shape index (κ2) is 10.5. The molecule has 0 aromatic heterocycles. The van der Waals surface area contributed by atoms with Crippen LogP contribution in [-0.4, -0.2) is 89.3 Å². The minimum atomic E-state index is -0.611. The van der Waals surface area contributed by atoms with E-state index in [1.807, 2.05) is 0 Å². The Labute approximate surface area is 161 Å². The summed E-state index contributed by atoms with van der Waals surface area (Å²) in [6.07, 6.45) is 11.6. The molecule has 6 atom stereocenters. The van der Waals surface area contributed by atoms with E-state index in [0.29, 0.717) is 12.5 Å². The number of nitrogens with one attached hydrogen (secondary N) is 2. The lowest BCUT2D eigenvalue weighted by atomic mass is 9.94. The van der Waals surface area contributed by atoms with E-state index >= 15 is 0 Å². The summed E-state index contributed by atoms with van der Waals surface area (Å²) in [6, 6.07) is -0.127. The number of hydrogen-bond acceptors (Lipinski definition) is 8. The molecule has 8 nitrogen and oxygen atoms in total. The van der Waals surface area contributed by atoms with Crippen molar-refractivity contribution in [3.05, 3.63) is 12.2 Å². The summed E-state index contributed by atoms with van der Waals surface area (Å²) in [5.41, 5.74) is 2.17. The number of unbranched alkanes of at least 4 members (excludes halogenated alkanes) is 3. The third kappa shape index (κ3) is 5.49. The van der Waals surface area contributed by atoms with Crippen molar-refractivity contribution >= 4 is 6.40 Å². The van der Waals surface area contributed by atoms with Crippen molar-refractivity contribution in [2.45, 2.75) is 74.9 Å². The van der Waals surface area contributed by atoms with Crippen LogP contribution in [0.2, 0.25) is 0 Å². The summed E-state index contributed by atoms with van der Waals surface area (Å²) in [5, 5.41) is 32.3. The maximum Gasteiger partial charge on any atom is 0.170 e. The zero-order valence-corrected chi connectivity index (χ0v) is 15.9. The Morgan fingerprint density at radius 1 is 1.19 bits per heavy atom. The molecule has 0 saturated carbocycles. The first-order chi connectivity index (χ1) is 13.2. The van der Waals surface area contributed by atoms with Crippen LogP contribution >= 0.6 is 0 Å². The number of rotatable bonds is 10. The third-order valence-corrected chi connectivity index (χ3v) is 6.00. The first-order valence-corrected chi connectivity index (χ1v) is 10.2. The highest BCUT2D eigenvalue weighted by Gasteiger charge is 2.36. The number of piperidine rings is 1. The zero-order chi connectivity index (χ0) is 19.1. The Morgan fingerprint density at radius 2 is 2.04 bits per heavy atom. The van der Waals surface area contributed by atoms with Gasteiger partial charge in [0.05, 0.1) is 24.8 Å². The summed E-state index contributed by atoms with van der Waals surface area (Å²) in [6.45, 7) is 2.58. The molecular formula is C19H34N4O4. The maximum atomic E-state index is 9.93. The van der Waals surface area contributed by atoms with Crippen LogP contribution < -0.4 is 10.8 Å². The molecule has 5 N–H and O–H groups in total. The Morgan fingerprint density at radius 3 is 2.85 bits per heavy atom. The molecule has 2 heterocycles. The largest absolute Gasteiger partial charge is 0.478 e. The first kappa shape index (κ1) is 20.7. The zero-order valence-electron chi connectivity index (χ0n) is 15.9. The topological polar surface area (TPSA) is 110 Å². The predicted octanol–water partition coefficient (Wildman–Crippen LogP) is 0.0355. The fourth-order valence-electron chi connectivity index (χ4n) is 4.34. The number of hydrogen-bond donors (Lipinski definition) is 5. The van der Waals surface area contributed by atoms with Gasteiger partial charge in [-0.1, -0.05) is 25.0 Å². The van der Waals surface area contributed by atoms with Crippen LogP contribution in [0.1, 0.15) is 38.5 Å². The average Bonchev–Trinajstić information content (AvgIpc) is 3.15. The molecule has 0 amide bonds. The van der Waals surface area contributed by atoms with Gasteiger partial charge in [0.15, 0.2) is 6.40 Å². The van der Waals surface area contributed by atoms with E-state index in [2.05, 4.69) is 32.8 Å². The normalized spacial score (nSPS) is 36.0. The minimum absolute atomic E-state index is 0.0648. The van der Waals surface area contributed by atoms with Gasteiger partial charge in [0.25, 0.3) is 0 Å². The minimum Gasteiger partial charge on any atom is -0.478 e. The number of ether oxygens (including phenoxy) is 1. The smallest absolute Gasteiger partial charge is 0.170 e. The van der Waals surface area contributed by atoms with E-state index in [9.17, 15) is 15.4 Å². The van der Waals surface area contributed by atoms with Gasteiger partial charge in [-0.25, -0.2) is 4.99 Å². The molecule has 0 aromatic carbocycles. The average molecular weight is 383 g/mol. The van der Waals surface area contributed by atoms with E-state index < -0.39 is 12.1 Å². The van der Waals surface area contributed by atoms with Gasteiger partial charge in [-0.05, 0) is 32.4 Å². The molecule has 0 radical (unpaired) electrons. The lowest BCUT2D eigenvalue weighted by molar-refractivity contribution is -0.0586. The fourth-order valence-corrected chi connectivity index (χ4v) is 4.34. The Bertz CT molecular complexity index is 504. The Hall–Kier alpha value is -1.03. The molecule has 0 bridgehead atoms. The van der Waals surface area contributed by atoms with Crippen LogP contribution in [0.15, 0.2) is 17.1 Å². The van der Waals surface area contributed by atoms with Crippen molar-refractivity contribution in [2.75, 3.05) is 26.2 Å². The van der Waals surface area contributed by atoms with Crippen molar-refractivity contribution in [3.8, 4) is 0 Å². The monoisotopic (exact) mass is 382 g/mol. The van der Waals surface area contributed by atoms with Crippen LogP contribution in [0.5, 0.6) is 0 Å². The Balaban J connectivity index is 1.25. The van der Waals surface area contributed by atoms with E-state index in [1.54, 1.807) is 6.40 Å². The number of aliphatic hydroxyl groups is 2. The summed E-state index contributed by atoms with van der Waals surface area (Å²) in [4.78, 5) is 6.45. The number of nitrogens with zero attached hydrogens (tertiary/aromatic N) is 2. The SMILES string of the molecule is OC[C@@H]1[C@@H](NO)[C@H](O)CCN1CCCCCCNC1C=CC2N=COC2C1. The molecule has 0 aromatic rings. The van der Waals surface area contributed by atoms with Crippen molar-refractivity contribution in [2.24, 2.45) is 4.99 Å². The van der Waals surface area contributed by atoms with Crippen molar-refractivity contribution in [1.82, 2.24) is 15.7 Å². The second-order valence-corrected chi connectivity index (χ2v) is 7.81. The molecule has 1 fully saturated rings. The van der Waals surface area contributed by atoms with E-state index in [-0.39, 0.29) is 24.8 Å². The molecule has 154 valence electrons. The first-order valence-electron chi connectivity index (χ1n) is 10.2. The van der Waals surface area contributed by atoms with Gasteiger partial charge in [0, 0.05) is 19.0 Å². The maximum absolute atomic E-state index is 9.93. The molecule has 1 aliphatic carbocycles. The number of hydroxylamine groups is 1. The lowest BCUT2D eigenvalue weighted by Gasteiger charge is -2.42. The summed E-state index contributed by atoms with van der Waals surface area (Å²) in [7, 11) is 0. The van der Waals surface area contributed by atoms with Gasteiger partial charge in [0.2, 0.25) is 0 Å². The summed E-state index contributed by atoms with van der Waals surface area (Å²) < 4.78 is 5.50. The van der Waals surface area contributed by atoms with Gasteiger partial charge in [0.1, 0.15) is 12.1 Å².